The van der Waals surface area contributed by atoms with Crippen LogP contribution in [0.5, 0.6) is 5.75 Å². The molecule has 27 heavy (non-hydrogen) atoms. The van der Waals surface area contributed by atoms with Crippen LogP contribution in [0.4, 0.5) is 0 Å². The van der Waals surface area contributed by atoms with Crippen molar-refractivity contribution >= 4 is 45.7 Å². The maximum atomic E-state index is 5.21. The first kappa shape index (κ1) is 22.8. The molecule has 0 saturated carbocycles. The Morgan fingerprint density at radius 3 is 2.30 bits per heavy atom. The molecular weight excluding hydrogens is 747 g/mol. The van der Waals surface area contributed by atoms with Crippen LogP contribution in [-0.2, 0) is 39.5 Å². The molecular formula is C20H23I2N3OPt. The van der Waals surface area contributed by atoms with Gasteiger partial charge in [0.25, 0.3) is 0 Å². The van der Waals surface area contributed by atoms with Crippen LogP contribution in [0, 0.1) is 10.7 Å². The number of aromatic nitrogens is 2. The van der Waals surface area contributed by atoms with E-state index in [1.807, 2.05) is 19.2 Å². The predicted molar refractivity (Wildman–Crippen MR) is 124 cm³/mol. The van der Waals surface area contributed by atoms with Gasteiger partial charge in [-0.15, -0.1) is 0 Å². The zero-order valence-corrected chi connectivity index (χ0v) is 22.1. The van der Waals surface area contributed by atoms with Crippen LogP contribution in [0.2, 0.25) is 0 Å². The Balaban J connectivity index is 0.000000208. The van der Waals surface area contributed by atoms with Gasteiger partial charge in [0.1, 0.15) is 0 Å². The molecule has 0 fully saturated rings. The Hall–Kier alpha value is -0.442. The molecule has 3 rings (SSSR count). The first-order valence-electron chi connectivity index (χ1n) is 8.34. The first-order valence-corrected chi connectivity index (χ1v) is 11.4. The molecule has 0 atom stereocenters. The maximum Gasteiger partial charge on any atom is 0.0435 e. The van der Waals surface area contributed by atoms with Crippen LogP contribution in [0.1, 0.15) is 16.7 Å². The van der Waals surface area contributed by atoms with E-state index in [2.05, 4.69) is 131 Å². The summed E-state index contributed by atoms with van der Waals surface area (Å²) in [5.74, 6) is 0.907. The fraction of sp³-hybridized carbons (Fsp3) is 0.250. The van der Waals surface area contributed by atoms with Gasteiger partial charge in [0, 0.05) is 52.3 Å². The van der Waals surface area contributed by atoms with Crippen LogP contribution in [0.15, 0.2) is 60.9 Å². The van der Waals surface area contributed by atoms with Gasteiger partial charge in [-0.25, -0.2) is 0 Å². The molecule has 1 heterocycles. The van der Waals surface area contributed by atoms with Gasteiger partial charge in [0.05, 0.1) is 0 Å². The Kier molecular flexibility index (Phi) is 9.76. The fourth-order valence-corrected chi connectivity index (χ4v) is 3.72. The van der Waals surface area contributed by atoms with Gasteiger partial charge < -0.3 is 0 Å². The predicted octanol–water partition coefficient (Wildman–Crippen LogP) is 5.46. The van der Waals surface area contributed by atoms with Gasteiger partial charge in [0.2, 0.25) is 0 Å². The number of rotatable bonds is 5. The number of methoxy groups -OCH3 is 1. The Bertz CT molecular complexity index is 904. The number of aryl methyl sites for hydroxylation is 2. The molecule has 0 unspecified atom stereocenters. The normalized spacial score (nSPS) is 10.5. The second-order valence-electron chi connectivity index (χ2n) is 6.08. The summed E-state index contributed by atoms with van der Waals surface area (Å²) in [7, 11) is 3.74. The van der Waals surface area contributed by atoms with Gasteiger partial charge in [-0.3, -0.25) is 0 Å². The number of benzene rings is 2. The van der Waals surface area contributed by atoms with E-state index in [4.69, 9.17) is 4.74 Å². The third-order valence-corrected chi connectivity index (χ3v) is 6.00. The van der Waals surface area contributed by atoms with E-state index >= 15 is 0 Å². The molecule has 0 saturated heterocycles. The number of imidazole rings is 1. The quantitative estimate of drug-likeness (QED) is 0.255. The topological polar surface area (TPSA) is 22.3 Å². The largest absolute Gasteiger partial charge is 0.184 e. The summed E-state index contributed by atoms with van der Waals surface area (Å²) >= 11 is 6.87. The van der Waals surface area contributed by atoms with Crippen molar-refractivity contribution in [2.75, 3.05) is 7.11 Å². The Morgan fingerprint density at radius 2 is 1.74 bits per heavy atom. The minimum atomic E-state index is 0.872. The molecule has 1 aromatic heterocycles. The first-order chi connectivity index (χ1) is 12.9. The Morgan fingerprint density at radius 1 is 1.04 bits per heavy atom. The number of hydrogen-bond acceptors (Lipinski definition) is 2. The number of nitrogens with zero attached hydrogens (tertiary/aromatic N) is 3. The van der Waals surface area contributed by atoms with Crippen molar-refractivity contribution in [1.82, 2.24) is 10.5 Å². The van der Waals surface area contributed by atoms with Gasteiger partial charge >= 0.3 is 106 Å². The summed E-state index contributed by atoms with van der Waals surface area (Å²) in [6.45, 7) is 3.98. The van der Waals surface area contributed by atoms with Crippen molar-refractivity contribution < 1.29 is 24.1 Å². The minimum absolute atomic E-state index is 0.872. The SMILES string of the molecule is COc1cccc(Cn2ccn(C)[c]2=[Pt])c1.Cc1ccc(CN(I)I)cc1. The molecule has 7 heteroatoms. The van der Waals surface area contributed by atoms with Crippen LogP contribution in [-0.4, -0.2) is 17.6 Å². The maximum absolute atomic E-state index is 5.21. The number of halogens is 2. The van der Waals surface area contributed by atoms with E-state index in [0.717, 1.165) is 18.8 Å². The molecule has 2 aromatic carbocycles. The second-order valence-corrected chi connectivity index (χ2v) is 11.3. The van der Waals surface area contributed by atoms with Crippen LogP contribution < -0.4 is 4.74 Å². The van der Waals surface area contributed by atoms with E-state index in [1.165, 1.54) is 20.5 Å². The summed E-state index contributed by atoms with van der Waals surface area (Å²) < 4.78 is 12.8. The number of ether oxygens (including phenoxy) is 1. The standard InChI is InChI=1S/C12H14N2O.C8H9I2N.Pt/c1-13-6-7-14(10-13)9-11-4-3-5-12(8-11)15-2;1-7-2-4-8(5-3-7)6-11(9)10;/h3-8H,9H2,1-2H3;2-5H,6H2,1H3;. The summed E-state index contributed by atoms with van der Waals surface area (Å²) in [5.41, 5.74) is 3.93. The molecule has 0 radical (unpaired) electrons. The van der Waals surface area contributed by atoms with Crippen molar-refractivity contribution in [1.29, 1.82) is 0 Å². The second kappa shape index (κ2) is 11.5. The third-order valence-electron chi connectivity index (χ3n) is 3.87. The fourth-order valence-electron chi connectivity index (χ4n) is 2.41. The summed E-state index contributed by atoms with van der Waals surface area (Å²) in [4.78, 5) is 0. The smallest absolute Gasteiger partial charge is 0.0435 e. The van der Waals surface area contributed by atoms with Crippen LogP contribution in [0.3, 0.4) is 0 Å². The molecule has 148 valence electrons. The average Bonchev–Trinajstić information content (AvgIpc) is 2.96. The van der Waals surface area contributed by atoms with Crippen molar-refractivity contribution in [2.24, 2.45) is 7.05 Å². The molecule has 4 nitrogen and oxygen atoms in total. The number of hydrogen-bond donors (Lipinski definition) is 0. The van der Waals surface area contributed by atoms with Crippen molar-refractivity contribution in [3.8, 4) is 5.75 Å². The van der Waals surface area contributed by atoms with Crippen molar-refractivity contribution in [2.45, 2.75) is 20.0 Å². The van der Waals surface area contributed by atoms with Crippen LogP contribution in [0.25, 0.3) is 0 Å². The minimum Gasteiger partial charge on any atom is -0.184 e. The molecule has 0 N–H and O–H groups in total. The molecule has 0 amide bonds. The van der Waals surface area contributed by atoms with Gasteiger partial charge in [0.15, 0.2) is 0 Å². The third kappa shape index (κ3) is 7.83. The molecule has 0 aliphatic carbocycles. The monoisotopic (exact) mass is 770 g/mol. The van der Waals surface area contributed by atoms with E-state index in [0.29, 0.717) is 0 Å². The van der Waals surface area contributed by atoms with Crippen molar-refractivity contribution in [3.05, 3.63) is 81.4 Å². The summed E-state index contributed by atoms with van der Waals surface area (Å²) in [5, 5.41) is 0. The van der Waals surface area contributed by atoms with E-state index < -0.39 is 0 Å². The van der Waals surface area contributed by atoms with Crippen LogP contribution >= 0.6 is 45.7 Å². The van der Waals surface area contributed by atoms with Gasteiger partial charge in [-0.05, 0) is 12.5 Å². The summed E-state index contributed by atoms with van der Waals surface area (Å²) in [6, 6.07) is 16.8. The zero-order chi connectivity index (χ0) is 19.8. The average molecular weight is 770 g/mol. The summed E-state index contributed by atoms with van der Waals surface area (Å²) in [6.07, 6.45) is 4.14. The molecule has 0 aliphatic heterocycles. The molecule has 3 aromatic rings. The van der Waals surface area contributed by atoms with E-state index in [9.17, 15) is 0 Å². The van der Waals surface area contributed by atoms with Crippen molar-refractivity contribution in [3.63, 3.8) is 0 Å². The van der Waals surface area contributed by atoms with Gasteiger partial charge in [-0.1, -0.05) is 29.8 Å². The zero-order valence-electron chi connectivity index (χ0n) is 15.5. The van der Waals surface area contributed by atoms with E-state index in [1.54, 1.807) is 7.11 Å². The molecule has 0 bridgehead atoms. The van der Waals surface area contributed by atoms with Gasteiger partial charge in [-0.2, -0.15) is 1.33 Å². The van der Waals surface area contributed by atoms with E-state index in [-0.39, 0.29) is 0 Å². The molecule has 0 spiro atoms. The molecule has 0 aliphatic rings. The Labute approximate surface area is 199 Å².